The third-order valence-electron chi connectivity index (χ3n) is 4.77. The number of rotatable bonds is 5. The summed E-state index contributed by atoms with van der Waals surface area (Å²) in [5, 5.41) is 9.04. The topological polar surface area (TPSA) is 85.2 Å². The molecule has 0 radical (unpaired) electrons. The van der Waals surface area contributed by atoms with Gasteiger partial charge in [0.15, 0.2) is 20.8 Å². The summed E-state index contributed by atoms with van der Waals surface area (Å²) in [7, 11) is -3.04. The lowest BCUT2D eigenvalue weighted by Gasteiger charge is -2.26. The molecule has 1 amide bonds. The second kappa shape index (κ2) is 8.57. The van der Waals surface area contributed by atoms with Crippen molar-refractivity contribution in [2.45, 2.75) is 5.16 Å². The van der Waals surface area contributed by atoms with E-state index in [4.69, 9.17) is 0 Å². The van der Waals surface area contributed by atoms with Gasteiger partial charge in [0.2, 0.25) is 5.91 Å². The standard InChI is InChI=1S/C20H19FN4O3S2/c21-16-8-6-15(7-9-16)19-22-23-20(25(19)17-4-2-1-3-5-17)29-14-18(26)24-10-12-30(27,28)13-11-24/h1-9H,10-14H2. The summed E-state index contributed by atoms with van der Waals surface area (Å²) < 4.78 is 38.3. The lowest BCUT2D eigenvalue weighted by atomic mass is 10.2. The van der Waals surface area contributed by atoms with Crippen LogP contribution in [0.15, 0.2) is 59.8 Å². The molecule has 1 aliphatic heterocycles. The van der Waals surface area contributed by atoms with Gasteiger partial charge in [0.25, 0.3) is 0 Å². The number of hydrogen-bond acceptors (Lipinski definition) is 6. The van der Waals surface area contributed by atoms with Crippen LogP contribution < -0.4 is 0 Å². The van der Waals surface area contributed by atoms with Crippen molar-refractivity contribution in [3.05, 3.63) is 60.4 Å². The van der Waals surface area contributed by atoms with E-state index in [9.17, 15) is 17.6 Å². The Bertz CT molecular complexity index is 1130. The Morgan fingerprint density at radius 3 is 2.33 bits per heavy atom. The molecule has 2 heterocycles. The van der Waals surface area contributed by atoms with Gasteiger partial charge in [-0.3, -0.25) is 9.36 Å². The number of hydrogen-bond donors (Lipinski definition) is 0. The van der Waals surface area contributed by atoms with Crippen LogP contribution in [0.3, 0.4) is 0 Å². The molecule has 0 aliphatic carbocycles. The maximum absolute atomic E-state index is 13.3. The van der Waals surface area contributed by atoms with Crippen LogP contribution in [0.4, 0.5) is 4.39 Å². The second-order valence-electron chi connectivity index (χ2n) is 6.81. The minimum absolute atomic E-state index is 0.00167. The molecule has 4 rings (SSSR count). The zero-order valence-electron chi connectivity index (χ0n) is 15.9. The van der Waals surface area contributed by atoms with Gasteiger partial charge in [-0.05, 0) is 36.4 Å². The van der Waals surface area contributed by atoms with E-state index in [1.165, 1.54) is 23.9 Å². The molecule has 30 heavy (non-hydrogen) atoms. The normalized spacial score (nSPS) is 15.8. The van der Waals surface area contributed by atoms with Crippen molar-refractivity contribution in [2.24, 2.45) is 0 Å². The minimum atomic E-state index is -3.04. The van der Waals surface area contributed by atoms with Crippen molar-refractivity contribution in [3.8, 4) is 17.1 Å². The summed E-state index contributed by atoms with van der Waals surface area (Å²) in [6, 6.07) is 15.5. The number of aromatic nitrogens is 3. The molecule has 1 saturated heterocycles. The van der Waals surface area contributed by atoms with E-state index < -0.39 is 9.84 Å². The maximum atomic E-state index is 13.3. The smallest absolute Gasteiger partial charge is 0.233 e. The molecule has 1 aliphatic rings. The van der Waals surface area contributed by atoms with Crippen LogP contribution in [-0.2, 0) is 14.6 Å². The fourth-order valence-electron chi connectivity index (χ4n) is 3.14. The van der Waals surface area contributed by atoms with E-state index in [-0.39, 0.29) is 42.1 Å². The number of halogens is 1. The predicted octanol–water partition coefficient (Wildman–Crippen LogP) is 2.42. The number of nitrogens with zero attached hydrogens (tertiary/aromatic N) is 4. The van der Waals surface area contributed by atoms with Crippen LogP contribution in [-0.4, -0.2) is 64.3 Å². The highest BCUT2D eigenvalue weighted by Gasteiger charge is 2.25. The molecule has 0 atom stereocenters. The molecule has 0 saturated carbocycles. The summed E-state index contributed by atoms with van der Waals surface area (Å²) in [4.78, 5) is 14.1. The van der Waals surface area contributed by atoms with Gasteiger partial charge < -0.3 is 4.90 Å². The Kier molecular flexibility index (Phi) is 5.87. The van der Waals surface area contributed by atoms with E-state index in [2.05, 4.69) is 10.2 Å². The zero-order chi connectivity index (χ0) is 21.1. The van der Waals surface area contributed by atoms with E-state index in [1.54, 1.807) is 17.0 Å². The summed E-state index contributed by atoms with van der Waals surface area (Å²) in [6.45, 7) is 0.432. The first-order valence-electron chi connectivity index (χ1n) is 9.31. The Morgan fingerprint density at radius 1 is 1.00 bits per heavy atom. The van der Waals surface area contributed by atoms with Gasteiger partial charge in [0, 0.05) is 24.3 Å². The molecule has 0 bridgehead atoms. The zero-order valence-corrected chi connectivity index (χ0v) is 17.6. The highest BCUT2D eigenvalue weighted by Crippen LogP contribution is 2.28. The van der Waals surface area contributed by atoms with Gasteiger partial charge in [0.05, 0.1) is 17.3 Å². The average molecular weight is 447 g/mol. The first kappa shape index (κ1) is 20.5. The van der Waals surface area contributed by atoms with Gasteiger partial charge in [-0.2, -0.15) is 0 Å². The second-order valence-corrected chi connectivity index (χ2v) is 10.1. The molecule has 156 valence electrons. The first-order valence-corrected chi connectivity index (χ1v) is 12.1. The monoisotopic (exact) mass is 446 g/mol. The average Bonchev–Trinajstić information content (AvgIpc) is 3.17. The fourth-order valence-corrected chi connectivity index (χ4v) is 5.19. The minimum Gasteiger partial charge on any atom is -0.340 e. The molecular formula is C20H19FN4O3S2. The SMILES string of the molecule is O=C(CSc1nnc(-c2ccc(F)cc2)n1-c1ccccc1)N1CCS(=O)(=O)CC1. The number of para-hydroxylation sites is 1. The number of sulfone groups is 1. The van der Waals surface area contributed by atoms with Crippen LogP contribution in [0.1, 0.15) is 0 Å². The largest absolute Gasteiger partial charge is 0.340 e. The first-order chi connectivity index (χ1) is 14.4. The molecule has 0 N–H and O–H groups in total. The highest BCUT2D eigenvalue weighted by atomic mass is 32.2. The molecule has 1 aromatic heterocycles. The quantitative estimate of drug-likeness (QED) is 0.560. The predicted molar refractivity (Wildman–Crippen MR) is 113 cm³/mol. The van der Waals surface area contributed by atoms with Crippen LogP contribution in [0.25, 0.3) is 17.1 Å². The van der Waals surface area contributed by atoms with Crippen LogP contribution in [0.2, 0.25) is 0 Å². The third kappa shape index (κ3) is 4.54. The number of carbonyl (C=O) groups excluding carboxylic acids is 1. The van der Waals surface area contributed by atoms with Gasteiger partial charge in [-0.15, -0.1) is 10.2 Å². The van der Waals surface area contributed by atoms with E-state index >= 15 is 0 Å². The van der Waals surface area contributed by atoms with Crippen molar-refractivity contribution >= 4 is 27.5 Å². The molecule has 10 heteroatoms. The molecule has 3 aromatic rings. The Hall–Kier alpha value is -2.72. The summed E-state index contributed by atoms with van der Waals surface area (Å²) >= 11 is 1.24. The van der Waals surface area contributed by atoms with Gasteiger partial charge in [-0.1, -0.05) is 30.0 Å². The fraction of sp³-hybridized carbons (Fsp3) is 0.250. The van der Waals surface area contributed by atoms with Crippen LogP contribution in [0, 0.1) is 5.82 Å². The van der Waals surface area contributed by atoms with Crippen molar-refractivity contribution in [2.75, 3.05) is 30.3 Å². The highest BCUT2D eigenvalue weighted by molar-refractivity contribution is 7.99. The molecule has 0 spiro atoms. The van der Waals surface area contributed by atoms with Gasteiger partial charge >= 0.3 is 0 Å². The van der Waals surface area contributed by atoms with Gasteiger partial charge in [-0.25, -0.2) is 12.8 Å². The van der Waals surface area contributed by atoms with E-state index in [1.807, 2.05) is 34.9 Å². The van der Waals surface area contributed by atoms with Crippen LogP contribution >= 0.6 is 11.8 Å². The van der Waals surface area contributed by atoms with Crippen molar-refractivity contribution in [3.63, 3.8) is 0 Å². The maximum Gasteiger partial charge on any atom is 0.233 e. The Balaban J connectivity index is 1.57. The van der Waals surface area contributed by atoms with E-state index in [0.29, 0.717) is 16.5 Å². The van der Waals surface area contributed by atoms with Gasteiger partial charge in [0.1, 0.15) is 5.82 Å². The third-order valence-corrected chi connectivity index (χ3v) is 7.29. The van der Waals surface area contributed by atoms with E-state index in [0.717, 1.165) is 5.69 Å². The number of thioether (sulfide) groups is 1. The lowest BCUT2D eigenvalue weighted by molar-refractivity contribution is -0.128. The molecule has 0 unspecified atom stereocenters. The summed E-state index contributed by atoms with van der Waals surface area (Å²) in [6.07, 6.45) is 0. The number of amides is 1. The molecular weight excluding hydrogens is 427 g/mol. The Labute approximate surface area is 177 Å². The van der Waals surface area contributed by atoms with Crippen molar-refractivity contribution in [1.29, 1.82) is 0 Å². The molecule has 2 aromatic carbocycles. The van der Waals surface area contributed by atoms with Crippen molar-refractivity contribution < 1.29 is 17.6 Å². The lowest BCUT2D eigenvalue weighted by Crippen LogP contribution is -2.44. The summed E-state index contributed by atoms with van der Waals surface area (Å²) in [5.74, 6) is 0.180. The Morgan fingerprint density at radius 2 is 1.67 bits per heavy atom. The number of carbonyl (C=O) groups is 1. The summed E-state index contributed by atoms with van der Waals surface area (Å²) in [5.41, 5.74) is 1.52. The van der Waals surface area contributed by atoms with Crippen LogP contribution in [0.5, 0.6) is 0 Å². The molecule has 1 fully saturated rings. The van der Waals surface area contributed by atoms with Crippen molar-refractivity contribution in [1.82, 2.24) is 19.7 Å². The molecule has 7 nitrogen and oxygen atoms in total. The number of benzene rings is 2.